The summed E-state index contributed by atoms with van der Waals surface area (Å²) in [4.78, 5) is 12.7. The van der Waals surface area contributed by atoms with Gasteiger partial charge in [0, 0.05) is 6.04 Å². The third kappa shape index (κ3) is 3.32. The topological polar surface area (TPSA) is 72.3 Å². The van der Waals surface area contributed by atoms with Crippen molar-refractivity contribution < 1.29 is 4.79 Å². The predicted molar refractivity (Wildman–Crippen MR) is 52.0 cm³/mol. The van der Waals surface area contributed by atoms with Crippen LogP contribution in [0.5, 0.6) is 0 Å². The summed E-state index contributed by atoms with van der Waals surface area (Å²) in [5, 5.41) is 0. The van der Waals surface area contributed by atoms with E-state index < -0.39 is 0 Å². The second-order valence-corrected chi connectivity index (χ2v) is 3.94. The summed E-state index contributed by atoms with van der Waals surface area (Å²) in [5.41, 5.74) is 10.9. The first-order valence-electron chi connectivity index (χ1n) is 4.86. The molecular weight excluding hydrogens is 166 g/mol. The summed E-state index contributed by atoms with van der Waals surface area (Å²) in [5.74, 6) is 0.378. The van der Waals surface area contributed by atoms with Crippen LogP contribution in [-0.4, -0.2) is 36.5 Å². The minimum Gasteiger partial charge on any atom is -0.369 e. The van der Waals surface area contributed by atoms with E-state index in [2.05, 4.69) is 11.8 Å². The monoisotopic (exact) mass is 185 g/mol. The zero-order chi connectivity index (χ0) is 9.84. The van der Waals surface area contributed by atoms with E-state index in [-0.39, 0.29) is 11.9 Å². The number of carbonyl (C=O) groups is 1. The van der Waals surface area contributed by atoms with Gasteiger partial charge in [-0.2, -0.15) is 0 Å². The molecule has 0 aromatic rings. The third-order valence-corrected chi connectivity index (χ3v) is 2.76. The lowest BCUT2D eigenvalue weighted by molar-refractivity contribution is -0.119. The largest absolute Gasteiger partial charge is 0.369 e. The number of nitrogens with two attached hydrogens (primary N) is 2. The van der Waals surface area contributed by atoms with Crippen LogP contribution in [0.3, 0.4) is 0 Å². The van der Waals surface area contributed by atoms with Gasteiger partial charge in [-0.3, -0.25) is 9.69 Å². The Balaban J connectivity index is 2.26. The number of hydrogen-bond donors (Lipinski definition) is 2. The molecule has 0 aromatic heterocycles. The van der Waals surface area contributed by atoms with Crippen molar-refractivity contribution in [3.63, 3.8) is 0 Å². The van der Waals surface area contributed by atoms with E-state index >= 15 is 0 Å². The van der Waals surface area contributed by atoms with Crippen LogP contribution in [-0.2, 0) is 4.79 Å². The number of amides is 1. The van der Waals surface area contributed by atoms with Gasteiger partial charge >= 0.3 is 0 Å². The van der Waals surface area contributed by atoms with Crippen LogP contribution < -0.4 is 11.5 Å². The van der Waals surface area contributed by atoms with Crippen molar-refractivity contribution in [2.75, 3.05) is 19.6 Å². The molecule has 0 spiro atoms. The number of nitrogens with zero attached hydrogens (tertiary/aromatic N) is 1. The molecule has 13 heavy (non-hydrogen) atoms. The summed E-state index contributed by atoms with van der Waals surface area (Å²) in [6, 6.07) is 0.274. The van der Waals surface area contributed by atoms with Gasteiger partial charge in [0.2, 0.25) is 5.91 Å². The molecule has 1 aliphatic rings. The van der Waals surface area contributed by atoms with Crippen LogP contribution in [0.15, 0.2) is 0 Å². The highest BCUT2D eigenvalue weighted by Gasteiger charge is 2.22. The maximum Gasteiger partial charge on any atom is 0.231 e. The van der Waals surface area contributed by atoms with E-state index in [1.165, 1.54) is 0 Å². The van der Waals surface area contributed by atoms with Crippen LogP contribution in [0.4, 0.5) is 0 Å². The van der Waals surface area contributed by atoms with Crippen molar-refractivity contribution in [3.05, 3.63) is 0 Å². The number of hydrogen-bond acceptors (Lipinski definition) is 3. The Morgan fingerprint density at radius 3 is 2.46 bits per heavy atom. The van der Waals surface area contributed by atoms with E-state index in [4.69, 9.17) is 11.5 Å². The van der Waals surface area contributed by atoms with Crippen LogP contribution in [0, 0.1) is 5.92 Å². The van der Waals surface area contributed by atoms with Crippen LogP contribution in [0.25, 0.3) is 0 Å². The van der Waals surface area contributed by atoms with E-state index in [0.29, 0.717) is 12.5 Å². The predicted octanol–water partition coefficient (Wildman–Crippen LogP) is -0.469. The lowest BCUT2D eigenvalue weighted by atomic mass is 9.91. The fourth-order valence-corrected chi connectivity index (χ4v) is 1.86. The van der Waals surface area contributed by atoms with Crippen molar-refractivity contribution >= 4 is 5.91 Å². The van der Waals surface area contributed by atoms with Crippen LogP contribution in [0.2, 0.25) is 0 Å². The molecule has 1 atom stereocenters. The molecule has 0 saturated carbocycles. The Labute approximate surface area is 79.3 Å². The number of likely N-dealkylation sites (tertiary alicyclic amines) is 1. The number of carbonyl (C=O) groups excluding carboxylic acids is 1. The van der Waals surface area contributed by atoms with Crippen molar-refractivity contribution in [1.29, 1.82) is 0 Å². The molecule has 1 heterocycles. The maximum absolute atomic E-state index is 10.6. The van der Waals surface area contributed by atoms with Crippen molar-refractivity contribution in [1.82, 2.24) is 4.90 Å². The minimum atomic E-state index is -0.237. The minimum absolute atomic E-state index is 0.237. The molecule has 4 heteroatoms. The second kappa shape index (κ2) is 4.58. The lowest BCUT2D eigenvalue weighted by Gasteiger charge is -2.32. The average molecular weight is 185 g/mol. The SMILES string of the molecule is CC(N)C1CCN(CC(N)=O)CC1. The summed E-state index contributed by atoms with van der Waals surface area (Å²) in [6.45, 7) is 4.35. The molecule has 4 N–H and O–H groups in total. The van der Waals surface area contributed by atoms with Crippen LogP contribution >= 0.6 is 0 Å². The van der Waals surface area contributed by atoms with Gasteiger partial charge in [-0.05, 0) is 38.8 Å². The number of primary amides is 1. The van der Waals surface area contributed by atoms with Gasteiger partial charge in [0.05, 0.1) is 6.54 Å². The average Bonchev–Trinajstić information content (AvgIpc) is 2.04. The summed E-state index contributed by atoms with van der Waals surface area (Å²) in [6.07, 6.45) is 2.18. The van der Waals surface area contributed by atoms with Crippen LogP contribution in [0.1, 0.15) is 19.8 Å². The van der Waals surface area contributed by atoms with E-state index in [1.807, 2.05) is 0 Å². The van der Waals surface area contributed by atoms with Gasteiger partial charge < -0.3 is 11.5 Å². The Kier molecular flexibility index (Phi) is 3.69. The lowest BCUT2D eigenvalue weighted by Crippen LogP contribution is -2.43. The summed E-state index contributed by atoms with van der Waals surface area (Å²) >= 11 is 0. The Hall–Kier alpha value is -0.610. The van der Waals surface area contributed by atoms with E-state index in [0.717, 1.165) is 25.9 Å². The molecule has 0 aliphatic carbocycles. The van der Waals surface area contributed by atoms with Crippen molar-refractivity contribution in [3.8, 4) is 0 Å². The highest BCUT2D eigenvalue weighted by atomic mass is 16.1. The summed E-state index contributed by atoms with van der Waals surface area (Å²) < 4.78 is 0. The second-order valence-electron chi connectivity index (χ2n) is 3.94. The molecule has 0 radical (unpaired) electrons. The first kappa shape index (κ1) is 10.5. The molecule has 76 valence electrons. The zero-order valence-corrected chi connectivity index (χ0v) is 8.20. The molecule has 0 aromatic carbocycles. The van der Waals surface area contributed by atoms with E-state index in [1.54, 1.807) is 0 Å². The van der Waals surface area contributed by atoms with Gasteiger partial charge in [-0.1, -0.05) is 0 Å². The molecule has 4 nitrogen and oxygen atoms in total. The maximum atomic E-state index is 10.6. The number of rotatable bonds is 3. The van der Waals surface area contributed by atoms with Gasteiger partial charge in [0.1, 0.15) is 0 Å². The fourth-order valence-electron chi connectivity index (χ4n) is 1.86. The fraction of sp³-hybridized carbons (Fsp3) is 0.889. The Bertz CT molecular complexity index is 174. The number of piperidine rings is 1. The first-order chi connectivity index (χ1) is 6.09. The Morgan fingerprint density at radius 2 is 2.08 bits per heavy atom. The highest BCUT2D eigenvalue weighted by molar-refractivity contribution is 5.75. The highest BCUT2D eigenvalue weighted by Crippen LogP contribution is 2.18. The molecule has 1 unspecified atom stereocenters. The smallest absolute Gasteiger partial charge is 0.231 e. The molecule has 1 fully saturated rings. The molecule has 1 saturated heterocycles. The molecule has 0 bridgehead atoms. The summed E-state index contributed by atoms with van der Waals surface area (Å²) in [7, 11) is 0. The molecule has 1 amide bonds. The molecular formula is C9H19N3O. The van der Waals surface area contributed by atoms with Gasteiger partial charge in [0.25, 0.3) is 0 Å². The standard InChI is InChI=1S/C9H19N3O/c1-7(10)8-2-4-12(5-3-8)6-9(11)13/h7-8H,2-6,10H2,1H3,(H2,11,13). The first-order valence-corrected chi connectivity index (χ1v) is 4.86. The van der Waals surface area contributed by atoms with Crippen molar-refractivity contribution in [2.45, 2.75) is 25.8 Å². The van der Waals surface area contributed by atoms with Gasteiger partial charge in [0.15, 0.2) is 0 Å². The van der Waals surface area contributed by atoms with Gasteiger partial charge in [-0.25, -0.2) is 0 Å². The molecule has 1 aliphatic heterocycles. The van der Waals surface area contributed by atoms with E-state index in [9.17, 15) is 4.79 Å². The normalized spacial score (nSPS) is 22.9. The van der Waals surface area contributed by atoms with Gasteiger partial charge in [-0.15, -0.1) is 0 Å². The third-order valence-electron chi connectivity index (χ3n) is 2.76. The zero-order valence-electron chi connectivity index (χ0n) is 8.20. The molecule has 1 rings (SSSR count). The van der Waals surface area contributed by atoms with Crippen molar-refractivity contribution in [2.24, 2.45) is 17.4 Å². The quantitative estimate of drug-likeness (QED) is 0.624. The Morgan fingerprint density at radius 1 is 1.54 bits per heavy atom.